The van der Waals surface area contributed by atoms with Crippen LogP contribution >= 0.6 is 11.8 Å². The standard InChI is InChI=1S/C11H9N3O2S/c1-14-10(15)8-9(13-11(14)16)12-6-4-2-3-5-7(6)17-8/h2-5,12H,1H3,(H,13,16). The van der Waals surface area contributed by atoms with E-state index in [-0.39, 0.29) is 5.56 Å². The van der Waals surface area contributed by atoms with E-state index in [0.29, 0.717) is 10.7 Å². The van der Waals surface area contributed by atoms with Crippen molar-refractivity contribution < 1.29 is 0 Å². The molecule has 0 saturated heterocycles. The topological polar surface area (TPSA) is 66.9 Å². The van der Waals surface area contributed by atoms with Gasteiger partial charge in [-0.3, -0.25) is 14.3 Å². The molecule has 1 aliphatic rings. The van der Waals surface area contributed by atoms with Crippen molar-refractivity contribution in [2.24, 2.45) is 7.05 Å². The number of aromatic nitrogens is 2. The van der Waals surface area contributed by atoms with Gasteiger partial charge in [-0.15, -0.1) is 0 Å². The Morgan fingerprint density at radius 2 is 2.00 bits per heavy atom. The predicted molar refractivity (Wildman–Crippen MR) is 66.2 cm³/mol. The number of hydrogen-bond acceptors (Lipinski definition) is 4. The Bertz CT molecular complexity index is 717. The first-order chi connectivity index (χ1) is 8.16. The molecule has 17 heavy (non-hydrogen) atoms. The van der Waals surface area contributed by atoms with Crippen LogP contribution in [0.1, 0.15) is 0 Å². The normalized spacial score (nSPS) is 12.5. The number of aromatic amines is 1. The zero-order chi connectivity index (χ0) is 12.0. The number of rotatable bonds is 0. The van der Waals surface area contributed by atoms with E-state index in [1.54, 1.807) is 0 Å². The number of hydrogen-bond donors (Lipinski definition) is 2. The summed E-state index contributed by atoms with van der Waals surface area (Å²) in [5, 5.41) is 3.06. The van der Waals surface area contributed by atoms with Crippen molar-refractivity contribution in [2.45, 2.75) is 9.79 Å². The Morgan fingerprint density at radius 3 is 2.82 bits per heavy atom. The van der Waals surface area contributed by atoms with Crippen molar-refractivity contribution >= 4 is 23.3 Å². The molecule has 0 fully saturated rings. The van der Waals surface area contributed by atoms with Crippen LogP contribution in [-0.2, 0) is 7.05 Å². The van der Waals surface area contributed by atoms with E-state index in [1.807, 2.05) is 24.3 Å². The molecule has 0 unspecified atom stereocenters. The van der Waals surface area contributed by atoms with Crippen molar-refractivity contribution in [3.05, 3.63) is 45.1 Å². The number of nitrogens with one attached hydrogen (secondary N) is 2. The number of H-pyrrole nitrogens is 1. The van der Waals surface area contributed by atoms with Crippen LogP contribution in [0.2, 0.25) is 0 Å². The highest BCUT2D eigenvalue weighted by Crippen LogP contribution is 2.40. The molecule has 1 aliphatic heterocycles. The molecule has 86 valence electrons. The van der Waals surface area contributed by atoms with Gasteiger partial charge >= 0.3 is 5.69 Å². The van der Waals surface area contributed by atoms with Crippen molar-refractivity contribution in [3.63, 3.8) is 0 Å². The Kier molecular flexibility index (Phi) is 2.12. The van der Waals surface area contributed by atoms with Gasteiger partial charge in [-0.05, 0) is 12.1 Å². The Morgan fingerprint density at radius 1 is 1.24 bits per heavy atom. The maximum Gasteiger partial charge on any atom is 0.329 e. The molecule has 0 atom stereocenters. The van der Waals surface area contributed by atoms with Gasteiger partial charge in [0.1, 0.15) is 10.7 Å². The summed E-state index contributed by atoms with van der Waals surface area (Å²) in [6, 6.07) is 7.65. The third-order valence-electron chi connectivity index (χ3n) is 2.62. The lowest BCUT2D eigenvalue weighted by Crippen LogP contribution is -2.34. The molecule has 2 N–H and O–H groups in total. The highest BCUT2D eigenvalue weighted by Gasteiger charge is 2.20. The maximum absolute atomic E-state index is 11.9. The predicted octanol–water partition coefficient (Wildman–Crippen LogP) is 1.28. The minimum absolute atomic E-state index is 0.282. The van der Waals surface area contributed by atoms with E-state index in [4.69, 9.17) is 0 Å². The van der Waals surface area contributed by atoms with E-state index in [0.717, 1.165) is 15.1 Å². The molecule has 0 aliphatic carbocycles. The van der Waals surface area contributed by atoms with Crippen LogP contribution in [0.25, 0.3) is 0 Å². The van der Waals surface area contributed by atoms with Crippen molar-refractivity contribution in [2.75, 3.05) is 5.32 Å². The molecule has 1 aromatic heterocycles. The van der Waals surface area contributed by atoms with Gasteiger partial charge in [0.05, 0.1) is 5.69 Å². The lowest BCUT2D eigenvalue weighted by Gasteiger charge is -2.19. The molecular formula is C11H9N3O2S. The molecular weight excluding hydrogens is 238 g/mol. The minimum atomic E-state index is -0.416. The molecule has 0 spiro atoms. The van der Waals surface area contributed by atoms with Crippen LogP contribution in [0.4, 0.5) is 11.5 Å². The number of nitrogens with zero attached hydrogens (tertiary/aromatic N) is 1. The molecule has 1 aromatic carbocycles. The lowest BCUT2D eigenvalue weighted by molar-refractivity contribution is 0.751. The summed E-state index contributed by atoms with van der Waals surface area (Å²) in [5.41, 5.74) is 0.200. The average molecular weight is 247 g/mol. The zero-order valence-electron chi connectivity index (χ0n) is 8.98. The quantitative estimate of drug-likeness (QED) is 0.628. The second-order valence-electron chi connectivity index (χ2n) is 3.72. The molecule has 2 heterocycles. The fourth-order valence-electron chi connectivity index (χ4n) is 1.69. The smallest absolute Gasteiger partial charge is 0.329 e. The lowest BCUT2D eigenvalue weighted by atomic mass is 10.3. The van der Waals surface area contributed by atoms with Crippen molar-refractivity contribution in [1.82, 2.24) is 9.55 Å². The molecule has 0 amide bonds. The molecule has 0 radical (unpaired) electrons. The second-order valence-corrected chi connectivity index (χ2v) is 4.77. The second kappa shape index (κ2) is 3.53. The number of anilines is 2. The average Bonchev–Trinajstić information content (AvgIpc) is 2.34. The van der Waals surface area contributed by atoms with Crippen LogP contribution in [0, 0.1) is 0 Å². The summed E-state index contributed by atoms with van der Waals surface area (Å²) in [7, 11) is 1.46. The van der Waals surface area contributed by atoms with E-state index in [1.165, 1.54) is 18.8 Å². The highest BCUT2D eigenvalue weighted by atomic mass is 32.2. The maximum atomic E-state index is 11.9. The van der Waals surface area contributed by atoms with Gasteiger partial charge in [-0.25, -0.2) is 4.79 Å². The fourth-order valence-corrected chi connectivity index (χ4v) is 2.71. The van der Waals surface area contributed by atoms with Crippen molar-refractivity contribution in [1.29, 1.82) is 0 Å². The molecule has 3 rings (SSSR count). The summed E-state index contributed by atoms with van der Waals surface area (Å²) in [6.07, 6.45) is 0. The monoisotopic (exact) mass is 247 g/mol. The van der Waals surface area contributed by atoms with E-state index in [9.17, 15) is 9.59 Å². The largest absolute Gasteiger partial charge is 0.340 e. The first-order valence-corrected chi connectivity index (χ1v) is 5.85. The van der Waals surface area contributed by atoms with E-state index < -0.39 is 5.69 Å². The summed E-state index contributed by atoms with van der Waals surface area (Å²) in [6.45, 7) is 0. The summed E-state index contributed by atoms with van der Waals surface area (Å²) >= 11 is 1.37. The first-order valence-electron chi connectivity index (χ1n) is 5.04. The molecule has 5 nitrogen and oxygen atoms in total. The van der Waals surface area contributed by atoms with Gasteiger partial charge < -0.3 is 5.32 Å². The summed E-state index contributed by atoms with van der Waals surface area (Å²) < 4.78 is 1.07. The Hall–Kier alpha value is -1.95. The van der Waals surface area contributed by atoms with Crippen LogP contribution in [0.5, 0.6) is 0 Å². The SMILES string of the molecule is Cn1c(=O)[nH]c2c(c1=O)Sc1ccccc1N2. The van der Waals surface area contributed by atoms with Gasteiger partial charge in [0, 0.05) is 11.9 Å². The third-order valence-corrected chi connectivity index (χ3v) is 3.78. The minimum Gasteiger partial charge on any atom is -0.340 e. The molecule has 6 heteroatoms. The van der Waals surface area contributed by atoms with Crippen LogP contribution in [-0.4, -0.2) is 9.55 Å². The zero-order valence-corrected chi connectivity index (χ0v) is 9.80. The highest BCUT2D eigenvalue weighted by molar-refractivity contribution is 7.99. The number of fused-ring (bicyclic) bond motifs is 2. The van der Waals surface area contributed by atoms with Crippen LogP contribution in [0.3, 0.4) is 0 Å². The van der Waals surface area contributed by atoms with E-state index in [2.05, 4.69) is 10.3 Å². The van der Waals surface area contributed by atoms with Gasteiger partial charge in [0.2, 0.25) is 0 Å². The number of benzene rings is 1. The van der Waals surface area contributed by atoms with Gasteiger partial charge in [-0.2, -0.15) is 0 Å². The van der Waals surface area contributed by atoms with Crippen molar-refractivity contribution in [3.8, 4) is 0 Å². The van der Waals surface area contributed by atoms with Gasteiger partial charge in [0.15, 0.2) is 0 Å². The third kappa shape index (κ3) is 1.49. The number of para-hydroxylation sites is 1. The van der Waals surface area contributed by atoms with Gasteiger partial charge in [0.25, 0.3) is 5.56 Å². The van der Waals surface area contributed by atoms with Crippen LogP contribution < -0.4 is 16.6 Å². The van der Waals surface area contributed by atoms with E-state index >= 15 is 0 Å². The Balaban J connectivity index is 2.25. The molecule has 2 aromatic rings. The summed E-state index contributed by atoms with van der Waals surface area (Å²) in [5.74, 6) is 0.474. The summed E-state index contributed by atoms with van der Waals surface area (Å²) in [4.78, 5) is 27.6. The fraction of sp³-hybridized carbons (Fsp3) is 0.0909. The Labute approximate surface area is 100 Å². The molecule has 0 bridgehead atoms. The van der Waals surface area contributed by atoms with Gasteiger partial charge in [-0.1, -0.05) is 23.9 Å². The van der Waals surface area contributed by atoms with Crippen LogP contribution in [0.15, 0.2) is 43.6 Å². The molecule has 0 saturated carbocycles. The first kappa shape index (κ1) is 10.2.